The molecule has 0 aliphatic rings. The summed E-state index contributed by atoms with van der Waals surface area (Å²) < 4.78 is 28.9. The zero-order chi connectivity index (χ0) is 28.6. The van der Waals surface area contributed by atoms with Gasteiger partial charge in [-0.15, -0.1) is 0 Å². The summed E-state index contributed by atoms with van der Waals surface area (Å²) in [6.07, 6.45) is 1.48. The van der Waals surface area contributed by atoms with Gasteiger partial charge in [0.1, 0.15) is 6.61 Å². The summed E-state index contributed by atoms with van der Waals surface area (Å²) in [6.45, 7) is 25.7. The fourth-order valence-electron chi connectivity index (χ4n) is 2.66. The van der Waals surface area contributed by atoms with Gasteiger partial charge in [0.05, 0.1) is 33.0 Å². The Hall–Kier alpha value is -0.986. The second-order valence-corrected chi connectivity index (χ2v) is 21.9. The van der Waals surface area contributed by atoms with Crippen molar-refractivity contribution in [1.29, 1.82) is 0 Å². The van der Waals surface area contributed by atoms with Gasteiger partial charge in [-0.3, -0.25) is 4.79 Å². The van der Waals surface area contributed by atoms with Crippen LogP contribution in [0.5, 0.6) is 0 Å². The topological polar surface area (TPSA) is 124 Å². The van der Waals surface area contributed by atoms with Crippen molar-refractivity contribution in [3.63, 3.8) is 0 Å². The first kappa shape index (κ1) is 36.0. The number of hydrogen-bond acceptors (Lipinski definition) is 7. The van der Waals surface area contributed by atoms with Gasteiger partial charge in [0.25, 0.3) is 0 Å². The first-order valence-corrected chi connectivity index (χ1v) is 19.2. The molecule has 0 spiro atoms. The van der Waals surface area contributed by atoms with Crippen LogP contribution in [0.4, 0.5) is 0 Å². The van der Waals surface area contributed by atoms with Crippen LogP contribution >= 0.6 is 0 Å². The lowest BCUT2D eigenvalue weighted by atomic mass is 10.1. The van der Waals surface area contributed by atoms with Crippen LogP contribution < -0.4 is 5.32 Å². The SMILES string of the molecule is CC(C)(C)[Si](C)(C)OCCC(CCO[Si](C)(C)C(C)(C)C)NC(=O)COCCOCCOCCN=[N+]=[N-]. The van der Waals surface area contributed by atoms with Crippen LogP contribution in [-0.2, 0) is 27.9 Å². The number of carbonyl (C=O) groups excluding carboxylic acids is 1. The van der Waals surface area contributed by atoms with Gasteiger partial charge >= 0.3 is 0 Å². The van der Waals surface area contributed by atoms with Crippen LogP contribution in [0.1, 0.15) is 54.4 Å². The second kappa shape index (κ2) is 17.6. The molecule has 0 aromatic carbocycles. The average molecular weight is 563 g/mol. The molecule has 0 aliphatic carbocycles. The maximum atomic E-state index is 12.6. The Balaban J connectivity index is 4.52. The van der Waals surface area contributed by atoms with E-state index >= 15 is 0 Å². The van der Waals surface area contributed by atoms with Crippen LogP contribution in [0.3, 0.4) is 0 Å². The third-order valence-electron chi connectivity index (χ3n) is 7.21. The van der Waals surface area contributed by atoms with Gasteiger partial charge in [0, 0.05) is 30.7 Å². The number of ether oxygens (including phenoxy) is 3. The van der Waals surface area contributed by atoms with Crippen molar-refractivity contribution in [3.05, 3.63) is 10.4 Å². The highest BCUT2D eigenvalue weighted by Gasteiger charge is 2.38. The van der Waals surface area contributed by atoms with Gasteiger partial charge in [0.2, 0.25) is 5.91 Å². The lowest BCUT2D eigenvalue weighted by Gasteiger charge is -2.37. The molecule has 1 amide bonds. The number of nitrogens with one attached hydrogen (secondary N) is 1. The summed E-state index contributed by atoms with van der Waals surface area (Å²) in [6, 6.07) is -0.0376. The predicted molar refractivity (Wildman–Crippen MR) is 154 cm³/mol. The quantitative estimate of drug-likeness (QED) is 0.0672. The minimum Gasteiger partial charge on any atom is -0.417 e. The van der Waals surface area contributed by atoms with Gasteiger partial charge in [-0.2, -0.15) is 0 Å². The van der Waals surface area contributed by atoms with Crippen molar-refractivity contribution in [2.45, 2.75) is 96.7 Å². The van der Waals surface area contributed by atoms with E-state index in [0.717, 1.165) is 12.8 Å². The maximum absolute atomic E-state index is 12.6. The van der Waals surface area contributed by atoms with Crippen LogP contribution in [0.2, 0.25) is 36.3 Å². The van der Waals surface area contributed by atoms with E-state index in [1.54, 1.807) is 0 Å². The predicted octanol–water partition coefficient (Wildman–Crippen LogP) is 5.66. The summed E-state index contributed by atoms with van der Waals surface area (Å²) >= 11 is 0. The van der Waals surface area contributed by atoms with Gasteiger partial charge in [0.15, 0.2) is 16.6 Å². The molecule has 0 atom stereocenters. The first-order chi connectivity index (χ1) is 17.0. The third kappa shape index (κ3) is 16.6. The minimum absolute atomic E-state index is 0.0191. The second-order valence-electron chi connectivity index (χ2n) is 12.3. The Morgan fingerprint density at radius 3 is 1.65 bits per heavy atom. The molecule has 0 bridgehead atoms. The van der Waals surface area contributed by atoms with Crippen LogP contribution in [0.25, 0.3) is 10.4 Å². The molecular weight excluding hydrogens is 508 g/mol. The molecule has 10 nitrogen and oxygen atoms in total. The number of rotatable bonds is 20. The van der Waals surface area contributed by atoms with Crippen molar-refractivity contribution < 1.29 is 27.9 Å². The first-order valence-electron chi connectivity index (χ1n) is 13.3. The summed E-state index contributed by atoms with van der Waals surface area (Å²) in [4.78, 5) is 15.2. The molecule has 37 heavy (non-hydrogen) atoms. The van der Waals surface area contributed by atoms with E-state index in [9.17, 15) is 4.79 Å². The largest absolute Gasteiger partial charge is 0.417 e. The lowest BCUT2D eigenvalue weighted by Crippen LogP contribution is -2.44. The Labute approximate surface area is 227 Å². The van der Waals surface area contributed by atoms with E-state index in [-0.39, 0.29) is 28.6 Å². The number of nitrogens with zero attached hydrogens (tertiary/aromatic N) is 3. The summed E-state index contributed by atoms with van der Waals surface area (Å²) in [5.41, 5.74) is 8.19. The van der Waals surface area contributed by atoms with Crippen molar-refractivity contribution in [2.75, 3.05) is 59.4 Å². The number of carbonyl (C=O) groups is 1. The molecule has 0 aromatic heterocycles. The summed E-state index contributed by atoms with van der Waals surface area (Å²) in [5.74, 6) is -0.147. The highest BCUT2D eigenvalue weighted by atomic mass is 28.4. The van der Waals surface area contributed by atoms with Crippen LogP contribution in [-0.4, -0.2) is 88.0 Å². The Kier molecular flexibility index (Phi) is 17.1. The number of hydrogen-bond donors (Lipinski definition) is 1. The zero-order valence-electron chi connectivity index (χ0n) is 25.1. The van der Waals surface area contributed by atoms with Gasteiger partial charge in [-0.05, 0) is 54.6 Å². The Bertz CT molecular complexity index is 658. The van der Waals surface area contributed by atoms with Crippen molar-refractivity contribution in [3.8, 4) is 0 Å². The normalized spacial score (nSPS) is 13.1. The summed E-state index contributed by atoms with van der Waals surface area (Å²) in [5, 5.41) is 6.79. The molecule has 0 fully saturated rings. The Morgan fingerprint density at radius 1 is 0.784 bits per heavy atom. The van der Waals surface area contributed by atoms with Crippen molar-refractivity contribution in [1.82, 2.24) is 5.32 Å². The van der Waals surface area contributed by atoms with Crippen molar-refractivity contribution >= 4 is 22.5 Å². The molecule has 0 saturated carbocycles. The number of amides is 1. The van der Waals surface area contributed by atoms with Crippen LogP contribution in [0.15, 0.2) is 5.11 Å². The zero-order valence-corrected chi connectivity index (χ0v) is 27.1. The van der Waals surface area contributed by atoms with Gasteiger partial charge in [-0.25, -0.2) is 0 Å². The summed E-state index contributed by atoms with van der Waals surface area (Å²) in [7, 11) is -3.70. The molecule has 12 heteroatoms. The minimum atomic E-state index is -1.85. The smallest absolute Gasteiger partial charge is 0.246 e. The molecule has 0 heterocycles. The molecule has 0 rings (SSSR count). The molecule has 218 valence electrons. The standard InChI is InChI=1S/C25H54N4O6Si2/c1-24(2,3)36(7,8)34-14-11-22(12-15-35-37(9,10)25(4,5)6)28-23(30)21-33-20-19-32-18-17-31-16-13-27-29-26/h22H,11-21H2,1-10H3,(H,28,30). The molecule has 0 aliphatic heterocycles. The molecule has 0 saturated heterocycles. The van der Waals surface area contributed by atoms with Crippen molar-refractivity contribution in [2.24, 2.45) is 5.11 Å². The Morgan fingerprint density at radius 2 is 1.22 bits per heavy atom. The van der Waals surface area contributed by atoms with Gasteiger partial charge < -0.3 is 28.4 Å². The highest BCUT2D eigenvalue weighted by molar-refractivity contribution is 6.74. The average Bonchev–Trinajstić information content (AvgIpc) is 2.75. The van der Waals surface area contributed by atoms with E-state index in [1.165, 1.54) is 0 Å². The lowest BCUT2D eigenvalue weighted by molar-refractivity contribution is -0.127. The molecule has 0 radical (unpaired) electrons. The van der Waals surface area contributed by atoms with E-state index in [2.05, 4.69) is 83.1 Å². The monoisotopic (exact) mass is 562 g/mol. The molecule has 0 unspecified atom stereocenters. The van der Waals surface area contributed by atoms with E-state index in [0.29, 0.717) is 52.8 Å². The van der Waals surface area contributed by atoms with E-state index < -0.39 is 16.6 Å². The maximum Gasteiger partial charge on any atom is 0.246 e. The fraction of sp³-hybridized carbons (Fsp3) is 0.960. The van der Waals surface area contributed by atoms with E-state index in [4.69, 9.17) is 28.6 Å². The number of azide groups is 1. The fourth-order valence-corrected chi connectivity index (χ4v) is 4.78. The van der Waals surface area contributed by atoms with Crippen LogP contribution in [0, 0.1) is 0 Å². The molecule has 0 aromatic rings. The third-order valence-corrected chi connectivity index (χ3v) is 16.3. The molecule has 1 N–H and O–H groups in total. The van der Waals surface area contributed by atoms with Gasteiger partial charge in [-0.1, -0.05) is 46.7 Å². The van der Waals surface area contributed by atoms with E-state index in [1.807, 2.05) is 0 Å². The highest BCUT2D eigenvalue weighted by Crippen LogP contribution is 2.37. The molecular formula is C25H54N4O6Si2.